The highest BCUT2D eigenvalue weighted by molar-refractivity contribution is 7.80. The van der Waals surface area contributed by atoms with E-state index in [4.69, 9.17) is 17.0 Å². The lowest BCUT2D eigenvalue weighted by molar-refractivity contribution is 0.179. The Bertz CT molecular complexity index is 689. The summed E-state index contributed by atoms with van der Waals surface area (Å²) in [4.78, 5) is 0. The van der Waals surface area contributed by atoms with Crippen LogP contribution in [0.25, 0.3) is 0 Å². The summed E-state index contributed by atoms with van der Waals surface area (Å²) in [6.07, 6.45) is 2.93. The van der Waals surface area contributed by atoms with Crippen LogP contribution in [0.15, 0.2) is 65.8 Å². The van der Waals surface area contributed by atoms with E-state index in [0.29, 0.717) is 11.7 Å². The smallest absolute Gasteiger partial charge is 0.187 e. The fourth-order valence-electron chi connectivity index (χ4n) is 2.67. The largest absolute Gasteiger partial charge is 0.383 e. The van der Waals surface area contributed by atoms with Gasteiger partial charge in [-0.15, -0.1) is 0 Å². The highest BCUT2D eigenvalue weighted by atomic mass is 32.1. The Morgan fingerprint density at radius 2 is 1.73 bits per heavy atom. The molecule has 1 atom stereocenters. The van der Waals surface area contributed by atoms with Gasteiger partial charge in [0.15, 0.2) is 5.11 Å². The monoisotopic (exact) mass is 369 g/mol. The average molecular weight is 370 g/mol. The summed E-state index contributed by atoms with van der Waals surface area (Å²) in [5.41, 5.74) is 6.43. The van der Waals surface area contributed by atoms with E-state index in [1.54, 1.807) is 7.11 Å². The zero-order valence-electron chi connectivity index (χ0n) is 15.4. The van der Waals surface area contributed by atoms with Crippen molar-refractivity contribution in [2.45, 2.75) is 32.2 Å². The number of thiocarbonyl (C=S) groups is 1. The van der Waals surface area contributed by atoms with E-state index in [1.165, 1.54) is 5.56 Å². The Morgan fingerprint density at radius 3 is 2.38 bits per heavy atom. The quantitative estimate of drug-likeness (QED) is 0.400. The maximum atomic E-state index is 5.32. The maximum Gasteiger partial charge on any atom is 0.187 e. The SMILES string of the molecule is COC[C@@H](C)NC(=S)N/N=C(\CCCc1ccccc1)c1ccccc1. The number of nitrogens with zero attached hydrogens (tertiary/aromatic N) is 1. The lowest BCUT2D eigenvalue weighted by atomic mass is 10.0. The molecule has 0 bridgehead atoms. The number of rotatable bonds is 9. The van der Waals surface area contributed by atoms with Crippen molar-refractivity contribution in [1.29, 1.82) is 0 Å². The third-order valence-corrected chi connectivity index (χ3v) is 4.12. The molecule has 0 radical (unpaired) electrons. The lowest BCUT2D eigenvalue weighted by Crippen LogP contribution is -2.40. The first-order valence-electron chi connectivity index (χ1n) is 8.90. The number of hydrazone groups is 1. The Balaban J connectivity index is 1.96. The van der Waals surface area contributed by atoms with Crippen LogP contribution in [-0.2, 0) is 11.2 Å². The van der Waals surface area contributed by atoms with E-state index in [0.717, 1.165) is 30.5 Å². The van der Waals surface area contributed by atoms with Crippen LogP contribution in [0.2, 0.25) is 0 Å². The summed E-state index contributed by atoms with van der Waals surface area (Å²) < 4.78 is 5.11. The molecule has 0 unspecified atom stereocenters. The molecule has 26 heavy (non-hydrogen) atoms. The normalized spacial score (nSPS) is 12.5. The van der Waals surface area contributed by atoms with Crippen LogP contribution in [0.4, 0.5) is 0 Å². The molecule has 138 valence electrons. The molecule has 0 amide bonds. The second kappa shape index (κ2) is 11.4. The van der Waals surface area contributed by atoms with Crippen molar-refractivity contribution in [2.75, 3.05) is 13.7 Å². The van der Waals surface area contributed by atoms with Crippen molar-refractivity contribution in [1.82, 2.24) is 10.7 Å². The highest BCUT2D eigenvalue weighted by Crippen LogP contribution is 2.10. The third-order valence-electron chi connectivity index (χ3n) is 3.92. The van der Waals surface area contributed by atoms with Crippen LogP contribution in [0.1, 0.15) is 30.9 Å². The van der Waals surface area contributed by atoms with Crippen molar-refractivity contribution in [2.24, 2.45) is 5.10 Å². The zero-order chi connectivity index (χ0) is 18.6. The minimum Gasteiger partial charge on any atom is -0.383 e. The number of hydrogen-bond donors (Lipinski definition) is 2. The molecule has 2 rings (SSSR count). The molecule has 2 aromatic carbocycles. The zero-order valence-corrected chi connectivity index (χ0v) is 16.3. The summed E-state index contributed by atoms with van der Waals surface area (Å²) in [5.74, 6) is 0. The molecule has 2 N–H and O–H groups in total. The van der Waals surface area contributed by atoms with Gasteiger partial charge in [-0.25, -0.2) is 0 Å². The van der Waals surface area contributed by atoms with Gasteiger partial charge in [-0.05, 0) is 49.5 Å². The molecule has 4 nitrogen and oxygen atoms in total. The molecule has 0 aromatic heterocycles. The van der Waals surface area contributed by atoms with E-state index in [9.17, 15) is 0 Å². The molecule has 0 aliphatic heterocycles. The van der Waals surface area contributed by atoms with Gasteiger partial charge in [0.25, 0.3) is 0 Å². The molecule has 0 fully saturated rings. The van der Waals surface area contributed by atoms with E-state index < -0.39 is 0 Å². The molecule has 0 aliphatic rings. The van der Waals surface area contributed by atoms with Gasteiger partial charge in [0.05, 0.1) is 12.3 Å². The van der Waals surface area contributed by atoms with Crippen molar-refractivity contribution < 1.29 is 4.74 Å². The predicted molar refractivity (Wildman–Crippen MR) is 113 cm³/mol. The third kappa shape index (κ3) is 7.33. The van der Waals surface area contributed by atoms with Crippen LogP contribution >= 0.6 is 12.2 Å². The Hall–Kier alpha value is -2.24. The van der Waals surface area contributed by atoms with Crippen LogP contribution in [0.5, 0.6) is 0 Å². The maximum absolute atomic E-state index is 5.32. The standard InChI is InChI=1S/C21H27N3OS/c1-17(16-25-2)22-21(26)24-23-20(19-13-7-4-8-14-19)15-9-12-18-10-5-3-6-11-18/h3-8,10-11,13-14,17H,9,12,15-16H2,1-2H3,(H2,22,24,26)/b23-20+/t17-/m1/s1. The van der Waals surface area contributed by atoms with Crippen LogP contribution in [0, 0.1) is 0 Å². The lowest BCUT2D eigenvalue weighted by Gasteiger charge is -2.15. The van der Waals surface area contributed by atoms with Gasteiger partial charge < -0.3 is 10.1 Å². The van der Waals surface area contributed by atoms with Crippen molar-refractivity contribution >= 4 is 23.0 Å². The summed E-state index contributed by atoms with van der Waals surface area (Å²) in [6, 6.07) is 20.9. The van der Waals surface area contributed by atoms with Crippen LogP contribution in [0.3, 0.4) is 0 Å². The van der Waals surface area contributed by atoms with E-state index >= 15 is 0 Å². The van der Waals surface area contributed by atoms with Gasteiger partial charge >= 0.3 is 0 Å². The second-order valence-electron chi connectivity index (χ2n) is 6.21. The number of benzene rings is 2. The number of aryl methyl sites for hydroxylation is 1. The molecule has 0 aliphatic carbocycles. The fraction of sp³-hybridized carbons (Fsp3) is 0.333. The molecule has 0 heterocycles. The first kappa shape index (κ1) is 20.1. The first-order valence-corrected chi connectivity index (χ1v) is 9.31. The van der Waals surface area contributed by atoms with E-state index in [1.807, 2.05) is 31.2 Å². The number of hydrogen-bond acceptors (Lipinski definition) is 3. The molecule has 5 heteroatoms. The number of ether oxygens (including phenoxy) is 1. The van der Waals surface area contributed by atoms with Gasteiger partial charge in [-0.1, -0.05) is 60.7 Å². The molecular weight excluding hydrogens is 342 g/mol. The highest BCUT2D eigenvalue weighted by Gasteiger charge is 2.06. The minimum absolute atomic E-state index is 0.133. The Morgan fingerprint density at radius 1 is 1.08 bits per heavy atom. The Labute approximate surface area is 161 Å². The molecule has 0 spiro atoms. The van der Waals surface area contributed by atoms with Gasteiger partial charge in [-0.3, -0.25) is 5.43 Å². The van der Waals surface area contributed by atoms with Gasteiger partial charge in [0, 0.05) is 13.2 Å². The van der Waals surface area contributed by atoms with Gasteiger partial charge in [0.2, 0.25) is 0 Å². The summed E-state index contributed by atoms with van der Waals surface area (Å²) in [5, 5.41) is 8.22. The van der Waals surface area contributed by atoms with Crippen molar-refractivity contribution in [3.05, 3.63) is 71.8 Å². The van der Waals surface area contributed by atoms with Crippen LogP contribution < -0.4 is 10.7 Å². The predicted octanol–water partition coefficient (Wildman–Crippen LogP) is 3.91. The minimum atomic E-state index is 0.133. The van der Waals surface area contributed by atoms with E-state index in [2.05, 4.69) is 52.2 Å². The van der Waals surface area contributed by atoms with Crippen LogP contribution in [-0.4, -0.2) is 30.6 Å². The topological polar surface area (TPSA) is 45.6 Å². The molecular formula is C21H27N3OS. The number of nitrogens with one attached hydrogen (secondary N) is 2. The molecule has 0 saturated carbocycles. The van der Waals surface area contributed by atoms with Gasteiger partial charge in [0.1, 0.15) is 0 Å². The van der Waals surface area contributed by atoms with E-state index in [-0.39, 0.29) is 6.04 Å². The molecule has 0 saturated heterocycles. The average Bonchev–Trinajstić information content (AvgIpc) is 2.66. The Kier molecular flexibility index (Phi) is 8.79. The van der Waals surface area contributed by atoms with Crippen molar-refractivity contribution in [3.8, 4) is 0 Å². The molecule has 2 aromatic rings. The fourth-order valence-corrected chi connectivity index (χ4v) is 2.91. The summed E-state index contributed by atoms with van der Waals surface area (Å²) >= 11 is 5.32. The van der Waals surface area contributed by atoms with Crippen molar-refractivity contribution in [3.63, 3.8) is 0 Å². The number of methoxy groups -OCH3 is 1. The van der Waals surface area contributed by atoms with Gasteiger partial charge in [-0.2, -0.15) is 5.10 Å². The summed E-state index contributed by atoms with van der Waals surface area (Å²) in [6.45, 7) is 2.60. The first-order chi connectivity index (χ1) is 12.7. The summed E-state index contributed by atoms with van der Waals surface area (Å²) in [7, 11) is 1.67. The second-order valence-corrected chi connectivity index (χ2v) is 6.61.